The predicted octanol–water partition coefficient (Wildman–Crippen LogP) is 2.96. The van der Waals surface area contributed by atoms with E-state index in [9.17, 15) is 9.59 Å². The van der Waals surface area contributed by atoms with E-state index in [1.54, 1.807) is 34.0 Å². The molecule has 1 N–H and O–H groups in total. The minimum Gasteiger partial charge on any atom is -0.444 e. The van der Waals surface area contributed by atoms with Crippen LogP contribution >= 0.6 is 0 Å². The van der Waals surface area contributed by atoms with Crippen LogP contribution in [0.15, 0.2) is 16.6 Å². The number of nitrogens with one attached hydrogen (secondary N) is 1. The molecule has 0 saturated carbocycles. The quantitative estimate of drug-likeness (QED) is 0.594. The average Bonchev–Trinajstić information content (AvgIpc) is 2.52. The second kappa shape index (κ2) is 12.5. The molecule has 0 unspecified atom stereocenters. The van der Waals surface area contributed by atoms with E-state index in [4.69, 9.17) is 9.57 Å². The number of hydrogen-bond donors (Lipinski definition) is 1. The molecule has 7 nitrogen and oxygen atoms in total. The van der Waals surface area contributed by atoms with Crippen molar-refractivity contribution in [2.45, 2.75) is 59.6 Å². The number of nitrogens with zero attached hydrogens (tertiary/aromatic N) is 2. The van der Waals surface area contributed by atoms with Gasteiger partial charge in [0, 0.05) is 26.7 Å². The van der Waals surface area contributed by atoms with Crippen molar-refractivity contribution >= 4 is 18.2 Å². The Labute approximate surface area is 146 Å². The molecule has 0 bridgehead atoms. The highest BCUT2D eigenvalue weighted by atomic mass is 16.7. The summed E-state index contributed by atoms with van der Waals surface area (Å²) in [6, 6.07) is -0.802. The third-order valence-corrected chi connectivity index (χ3v) is 2.68. The molecule has 0 aromatic heterocycles. The minimum absolute atomic E-state index is 0.291. The fraction of sp³-hybridized carbons (Fsp3) is 0.706. The summed E-state index contributed by atoms with van der Waals surface area (Å²) >= 11 is 0. The van der Waals surface area contributed by atoms with Gasteiger partial charge in [0.2, 0.25) is 0 Å². The third-order valence-electron chi connectivity index (χ3n) is 2.68. The van der Waals surface area contributed by atoms with Crippen molar-refractivity contribution in [2.24, 2.45) is 4.99 Å². The molecule has 2 amide bonds. The Morgan fingerprint density at radius 2 is 1.83 bits per heavy atom. The predicted molar refractivity (Wildman–Crippen MR) is 97.1 cm³/mol. The molecule has 0 radical (unpaired) electrons. The van der Waals surface area contributed by atoms with Gasteiger partial charge in [-0.2, -0.15) is 0 Å². The number of ether oxygens (including phenoxy) is 1. The lowest BCUT2D eigenvalue weighted by atomic mass is 10.1. The Hall–Kier alpha value is -1.89. The Morgan fingerprint density at radius 3 is 2.21 bits per heavy atom. The molecule has 24 heavy (non-hydrogen) atoms. The minimum atomic E-state index is -0.802. The second-order valence-corrected chi connectivity index (χ2v) is 5.67. The summed E-state index contributed by atoms with van der Waals surface area (Å²) in [5.74, 6) is -0.378. The van der Waals surface area contributed by atoms with E-state index in [0.717, 1.165) is 10.6 Å². The SMILES string of the molecule is C/C=C(\C=NC)C[C@H](NC(=O)OC(C)(C)C)C(=O)N(C)OC.CC. The highest BCUT2D eigenvalue weighted by Crippen LogP contribution is 2.10. The summed E-state index contributed by atoms with van der Waals surface area (Å²) in [6.45, 7) is 11.1. The lowest BCUT2D eigenvalue weighted by molar-refractivity contribution is -0.170. The van der Waals surface area contributed by atoms with Gasteiger partial charge in [0.15, 0.2) is 0 Å². The third kappa shape index (κ3) is 10.8. The van der Waals surface area contributed by atoms with Crippen LogP contribution in [0, 0.1) is 0 Å². The number of alkyl carbamates (subject to hydrolysis) is 1. The molecule has 0 aliphatic rings. The number of hydrogen-bond acceptors (Lipinski definition) is 5. The Balaban J connectivity index is 0. The molecule has 0 aromatic rings. The van der Waals surface area contributed by atoms with Gasteiger partial charge in [-0.15, -0.1) is 0 Å². The normalized spacial score (nSPS) is 13.0. The number of allylic oxidation sites excluding steroid dienone is 1. The zero-order valence-corrected chi connectivity index (χ0v) is 16.5. The van der Waals surface area contributed by atoms with Gasteiger partial charge in [-0.1, -0.05) is 19.9 Å². The van der Waals surface area contributed by atoms with Crippen LogP contribution in [0.25, 0.3) is 0 Å². The fourth-order valence-electron chi connectivity index (χ4n) is 1.61. The molecule has 0 spiro atoms. The van der Waals surface area contributed by atoms with Gasteiger partial charge < -0.3 is 10.1 Å². The fourth-order valence-corrected chi connectivity index (χ4v) is 1.61. The second-order valence-electron chi connectivity index (χ2n) is 5.67. The first-order chi connectivity index (χ1) is 11.1. The lowest BCUT2D eigenvalue weighted by Crippen LogP contribution is -2.48. The summed E-state index contributed by atoms with van der Waals surface area (Å²) in [4.78, 5) is 33.0. The van der Waals surface area contributed by atoms with Crippen molar-refractivity contribution in [2.75, 3.05) is 21.2 Å². The molecule has 0 aromatic carbocycles. The summed E-state index contributed by atoms with van der Waals surface area (Å²) in [5.41, 5.74) is 0.181. The number of carbonyl (C=O) groups is 2. The maximum atomic E-state index is 12.3. The Bertz CT molecular complexity index is 440. The summed E-state index contributed by atoms with van der Waals surface area (Å²) in [6.07, 6.45) is 3.11. The van der Waals surface area contributed by atoms with E-state index >= 15 is 0 Å². The summed E-state index contributed by atoms with van der Waals surface area (Å²) in [7, 11) is 4.50. The van der Waals surface area contributed by atoms with Crippen molar-refractivity contribution in [3.8, 4) is 0 Å². The summed E-state index contributed by atoms with van der Waals surface area (Å²) < 4.78 is 5.19. The van der Waals surface area contributed by atoms with Crippen molar-refractivity contribution in [3.05, 3.63) is 11.6 Å². The van der Waals surface area contributed by atoms with Gasteiger partial charge in [-0.3, -0.25) is 14.6 Å². The van der Waals surface area contributed by atoms with Gasteiger partial charge in [-0.05, 0) is 33.3 Å². The van der Waals surface area contributed by atoms with Crippen LogP contribution in [0.3, 0.4) is 0 Å². The van der Waals surface area contributed by atoms with Crippen LogP contribution in [0.4, 0.5) is 4.79 Å². The first-order valence-corrected chi connectivity index (χ1v) is 8.03. The standard InChI is InChI=1S/C15H27N3O4.C2H6/c1-8-11(10-16-5)9-12(13(19)18(6)21-7)17-14(20)22-15(2,3)4;1-2/h8,10,12H,9H2,1-7H3,(H,17,20);1-2H3/b11-8-,16-10?;/t12-;/m0./s1. The highest BCUT2D eigenvalue weighted by molar-refractivity contribution is 5.87. The van der Waals surface area contributed by atoms with Crippen LogP contribution < -0.4 is 5.32 Å². The van der Waals surface area contributed by atoms with E-state index in [0.29, 0.717) is 6.42 Å². The Morgan fingerprint density at radius 1 is 1.29 bits per heavy atom. The van der Waals surface area contributed by atoms with Gasteiger partial charge in [0.25, 0.3) is 5.91 Å². The highest BCUT2D eigenvalue weighted by Gasteiger charge is 2.27. The zero-order valence-electron chi connectivity index (χ0n) is 16.5. The van der Waals surface area contributed by atoms with Crippen LogP contribution in [-0.4, -0.2) is 56.1 Å². The van der Waals surface area contributed by atoms with Crippen molar-refractivity contribution in [1.29, 1.82) is 0 Å². The molecule has 1 atom stereocenters. The number of rotatable bonds is 6. The van der Waals surface area contributed by atoms with Gasteiger partial charge in [0.05, 0.1) is 7.11 Å². The van der Waals surface area contributed by atoms with Crippen LogP contribution in [0.1, 0.15) is 48.0 Å². The monoisotopic (exact) mass is 343 g/mol. The van der Waals surface area contributed by atoms with E-state index in [2.05, 4.69) is 10.3 Å². The van der Waals surface area contributed by atoms with Crippen LogP contribution in [0.2, 0.25) is 0 Å². The zero-order chi connectivity index (χ0) is 19.3. The van der Waals surface area contributed by atoms with Crippen LogP contribution in [-0.2, 0) is 14.4 Å². The molecule has 140 valence electrons. The van der Waals surface area contributed by atoms with Crippen LogP contribution in [0.5, 0.6) is 0 Å². The molecule has 7 heteroatoms. The van der Waals surface area contributed by atoms with Gasteiger partial charge >= 0.3 is 6.09 Å². The maximum absolute atomic E-state index is 12.3. The Kier molecular flexibility index (Phi) is 12.7. The molecule has 0 heterocycles. The number of likely N-dealkylation sites (N-methyl/N-ethyl adjacent to an activating group) is 1. The number of amides is 2. The van der Waals surface area contributed by atoms with Gasteiger partial charge in [-0.25, -0.2) is 9.86 Å². The van der Waals surface area contributed by atoms with Crippen molar-refractivity contribution < 1.29 is 19.2 Å². The van der Waals surface area contributed by atoms with Crippen molar-refractivity contribution in [1.82, 2.24) is 10.4 Å². The average molecular weight is 343 g/mol. The van der Waals surface area contributed by atoms with E-state index in [1.165, 1.54) is 14.2 Å². The first kappa shape index (κ1) is 24.4. The number of hydroxylamine groups is 2. The van der Waals surface area contributed by atoms with E-state index < -0.39 is 17.7 Å². The van der Waals surface area contributed by atoms with E-state index in [-0.39, 0.29) is 5.91 Å². The first-order valence-electron chi connectivity index (χ1n) is 8.03. The number of aliphatic imine (C=N–C) groups is 1. The van der Waals surface area contributed by atoms with Crippen molar-refractivity contribution in [3.63, 3.8) is 0 Å². The molecule has 0 aliphatic carbocycles. The summed E-state index contributed by atoms with van der Waals surface area (Å²) in [5, 5.41) is 3.64. The topological polar surface area (TPSA) is 80.2 Å². The molecule has 0 fully saturated rings. The molecule has 0 saturated heterocycles. The van der Waals surface area contributed by atoms with Gasteiger partial charge in [0.1, 0.15) is 11.6 Å². The molecular formula is C17H33N3O4. The molecule has 0 aliphatic heterocycles. The molecule has 0 rings (SSSR count). The maximum Gasteiger partial charge on any atom is 0.408 e. The number of carbonyl (C=O) groups excluding carboxylic acids is 2. The lowest BCUT2D eigenvalue weighted by Gasteiger charge is -2.25. The largest absolute Gasteiger partial charge is 0.444 e. The molecular weight excluding hydrogens is 310 g/mol. The smallest absolute Gasteiger partial charge is 0.408 e. The van der Waals surface area contributed by atoms with E-state index in [1.807, 2.05) is 26.8 Å².